The normalized spacial score (nSPS) is 44.0. The van der Waals surface area contributed by atoms with Crippen molar-refractivity contribution in [2.45, 2.75) is 199 Å². The number of Topliss-reactive ketones (excluding diaryl/α,β-unsaturated/α-hetero) is 1. The van der Waals surface area contributed by atoms with Gasteiger partial charge < -0.3 is 63.4 Å². The monoisotopic (exact) mass is 861 g/mol. The van der Waals surface area contributed by atoms with Gasteiger partial charge >= 0.3 is 11.9 Å². The van der Waals surface area contributed by atoms with Crippen LogP contribution in [-0.2, 0) is 52.3 Å². The van der Waals surface area contributed by atoms with Gasteiger partial charge in [0.1, 0.15) is 29.2 Å². The predicted molar refractivity (Wildman–Crippen MR) is 223 cm³/mol. The Hall–Kier alpha value is -1.83. The van der Waals surface area contributed by atoms with Gasteiger partial charge in [0.05, 0.1) is 48.5 Å². The lowest BCUT2D eigenvalue weighted by molar-refractivity contribution is -0.318. The molecule has 3 fully saturated rings. The molecule has 0 aromatic carbocycles. The van der Waals surface area contributed by atoms with Gasteiger partial charge in [0.15, 0.2) is 18.7 Å². The van der Waals surface area contributed by atoms with Crippen LogP contribution in [0, 0.1) is 23.7 Å². The third-order valence-corrected chi connectivity index (χ3v) is 13.7. The molecule has 0 aromatic heterocycles. The summed E-state index contributed by atoms with van der Waals surface area (Å²) >= 11 is 0. The van der Waals surface area contributed by atoms with E-state index in [-0.39, 0.29) is 49.6 Å². The summed E-state index contributed by atoms with van der Waals surface area (Å²) in [5, 5.41) is 37.9. The van der Waals surface area contributed by atoms with Gasteiger partial charge in [-0.2, -0.15) is 0 Å². The molecular weight excluding hydrogens is 780 g/mol. The first-order chi connectivity index (χ1) is 28.0. The fraction of sp³-hybridized carbons (Fsp3) is 0.932. The van der Waals surface area contributed by atoms with Crippen molar-refractivity contribution >= 4 is 17.7 Å². The summed E-state index contributed by atoms with van der Waals surface area (Å²) in [6.45, 7) is 23.4. The number of rotatable bonds is 14. The van der Waals surface area contributed by atoms with Crippen LogP contribution >= 0.6 is 0 Å². The number of methoxy groups -OCH3 is 2. The summed E-state index contributed by atoms with van der Waals surface area (Å²) in [5.74, 6) is -4.99. The molecule has 16 heteroatoms. The zero-order valence-electron chi connectivity index (χ0n) is 39.1. The van der Waals surface area contributed by atoms with Crippen LogP contribution in [0.3, 0.4) is 0 Å². The maximum Gasteiger partial charge on any atom is 0.311 e. The molecule has 16 nitrogen and oxygen atoms in total. The van der Waals surface area contributed by atoms with Crippen molar-refractivity contribution in [2.24, 2.45) is 23.7 Å². The minimum atomic E-state index is -1.99. The molecule has 3 heterocycles. The highest BCUT2D eigenvalue weighted by atomic mass is 16.7. The molecule has 0 aromatic rings. The summed E-state index contributed by atoms with van der Waals surface area (Å²) in [7, 11) is 4.79. The van der Waals surface area contributed by atoms with Crippen LogP contribution in [0.2, 0.25) is 0 Å². The van der Waals surface area contributed by atoms with Gasteiger partial charge in [-0.05, 0) is 80.9 Å². The number of hydrogen-bond donors (Lipinski definition) is 4. The van der Waals surface area contributed by atoms with Gasteiger partial charge in [0.2, 0.25) is 0 Å². The molecule has 3 aliphatic rings. The SMILES string of the molecule is CC[C@H]1OC(=O)[C@H](C)[C@@H](O[C@H]2C[C@@](C)(OC)C(OC(=O)CCN(CC)CC)[C@H](C)O2)[C@H](C)[C@@H](O[C@@H]2O[C@H](C)C[C@H](NC)[C@H]2O)[C@](C)(OC)C[C@@H](C)C(=O)[C@H](C)[C@@H](O)[C@]1(C)O. The van der Waals surface area contributed by atoms with Crippen LogP contribution in [0.1, 0.15) is 115 Å². The molecule has 0 radical (unpaired) electrons. The minimum absolute atomic E-state index is 0.0904. The Bertz CT molecular complexity index is 1380. The lowest BCUT2D eigenvalue weighted by Crippen LogP contribution is -2.61. The van der Waals surface area contributed by atoms with Crippen LogP contribution < -0.4 is 5.32 Å². The Labute approximate surface area is 358 Å². The smallest absolute Gasteiger partial charge is 0.311 e. The van der Waals surface area contributed by atoms with Crippen LogP contribution in [0.15, 0.2) is 0 Å². The van der Waals surface area contributed by atoms with E-state index in [0.717, 1.165) is 13.1 Å². The number of cyclic esters (lactones) is 1. The summed E-state index contributed by atoms with van der Waals surface area (Å²) in [6.07, 6.45) is -8.74. The number of aliphatic hydroxyl groups is 3. The summed E-state index contributed by atoms with van der Waals surface area (Å²) < 4.78 is 50.8. The second-order valence-corrected chi connectivity index (χ2v) is 18.2. The lowest BCUT2D eigenvalue weighted by atomic mass is 9.74. The largest absolute Gasteiger partial charge is 0.459 e. The van der Waals surface area contributed by atoms with Crippen LogP contribution in [-0.4, -0.2) is 163 Å². The van der Waals surface area contributed by atoms with Gasteiger partial charge in [-0.25, -0.2) is 0 Å². The van der Waals surface area contributed by atoms with Crippen LogP contribution in [0.4, 0.5) is 0 Å². The molecule has 60 heavy (non-hydrogen) atoms. The van der Waals surface area contributed by atoms with Crippen LogP contribution in [0.5, 0.6) is 0 Å². The first-order valence-electron chi connectivity index (χ1n) is 22.1. The summed E-state index contributed by atoms with van der Waals surface area (Å²) in [4.78, 5) is 43.8. The molecule has 0 bridgehead atoms. The molecule has 3 rings (SSSR count). The van der Waals surface area contributed by atoms with E-state index in [9.17, 15) is 29.7 Å². The number of ketones is 1. The third-order valence-electron chi connectivity index (χ3n) is 13.7. The van der Waals surface area contributed by atoms with Crippen molar-refractivity contribution < 1.29 is 67.6 Å². The van der Waals surface area contributed by atoms with Gasteiger partial charge in [-0.15, -0.1) is 0 Å². The lowest BCUT2D eigenvalue weighted by Gasteiger charge is -2.50. The molecule has 0 aliphatic carbocycles. The molecule has 0 amide bonds. The maximum atomic E-state index is 14.4. The van der Waals surface area contributed by atoms with E-state index in [0.29, 0.717) is 13.0 Å². The van der Waals surface area contributed by atoms with Crippen molar-refractivity contribution in [3.05, 3.63) is 0 Å². The Kier molecular flexibility index (Phi) is 19.4. The highest BCUT2D eigenvalue weighted by molar-refractivity contribution is 5.83. The number of likely N-dealkylation sites (N-methyl/N-ethyl adjacent to an activating group) is 1. The van der Waals surface area contributed by atoms with E-state index in [4.69, 9.17) is 37.9 Å². The Morgan fingerprint density at radius 1 is 0.883 bits per heavy atom. The van der Waals surface area contributed by atoms with E-state index < -0.39 is 102 Å². The Balaban J connectivity index is 2.14. The molecule has 4 N–H and O–H groups in total. The maximum absolute atomic E-state index is 14.4. The summed E-state index contributed by atoms with van der Waals surface area (Å²) in [6, 6.07) is -0.355. The minimum Gasteiger partial charge on any atom is -0.459 e. The number of carbonyl (C=O) groups is 3. The van der Waals surface area contributed by atoms with Gasteiger partial charge in [-0.3, -0.25) is 14.4 Å². The van der Waals surface area contributed by atoms with Crippen molar-refractivity contribution in [2.75, 3.05) is 40.9 Å². The molecule has 0 spiro atoms. The number of aliphatic hydroxyl groups excluding tert-OH is 2. The highest BCUT2D eigenvalue weighted by Crippen LogP contribution is 2.42. The zero-order chi connectivity index (χ0) is 45.5. The number of hydrogen-bond acceptors (Lipinski definition) is 16. The number of ether oxygens (including phenoxy) is 8. The second-order valence-electron chi connectivity index (χ2n) is 18.2. The zero-order valence-corrected chi connectivity index (χ0v) is 39.1. The van der Waals surface area contributed by atoms with E-state index in [1.54, 1.807) is 48.6 Å². The van der Waals surface area contributed by atoms with Gasteiger partial charge in [0, 0.05) is 51.0 Å². The molecule has 18 atom stereocenters. The Morgan fingerprint density at radius 2 is 1.48 bits per heavy atom. The third kappa shape index (κ3) is 12.0. The van der Waals surface area contributed by atoms with Gasteiger partial charge in [0.25, 0.3) is 0 Å². The first-order valence-corrected chi connectivity index (χ1v) is 22.1. The fourth-order valence-corrected chi connectivity index (χ4v) is 9.58. The Morgan fingerprint density at radius 3 is 2.03 bits per heavy atom. The summed E-state index contributed by atoms with van der Waals surface area (Å²) in [5.41, 5.74) is -4.34. The van der Waals surface area contributed by atoms with Crippen LogP contribution in [0.25, 0.3) is 0 Å². The molecule has 0 saturated carbocycles. The number of nitrogens with one attached hydrogen (secondary N) is 1. The molecular formula is C44H80N2O14. The van der Waals surface area contributed by atoms with E-state index >= 15 is 0 Å². The predicted octanol–water partition coefficient (Wildman–Crippen LogP) is 3.38. The molecule has 350 valence electrons. The average molecular weight is 861 g/mol. The molecule has 3 saturated heterocycles. The van der Waals surface area contributed by atoms with Crippen molar-refractivity contribution in [1.29, 1.82) is 0 Å². The first kappa shape index (κ1) is 52.5. The second kappa shape index (κ2) is 22.2. The number of carbonyl (C=O) groups excluding carboxylic acids is 3. The average Bonchev–Trinajstić information content (AvgIpc) is 3.21. The van der Waals surface area contributed by atoms with E-state index in [1.165, 1.54) is 21.1 Å². The number of nitrogens with zero attached hydrogens (tertiary/aromatic N) is 1. The molecule has 3 aliphatic heterocycles. The van der Waals surface area contributed by atoms with Crippen molar-refractivity contribution in [3.63, 3.8) is 0 Å². The highest BCUT2D eigenvalue weighted by Gasteiger charge is 2.54. The standard InChI is InChI=1S/C44H80N2O14/c1-16-31-44(12,52)37(50)26(6)34(48)24(4)22-42(10,53-14)38(60-41-35(49)30(45-13)21-25(5)55-41)27(7)36(28(8)40(51)57-31)59-33-23-43(11,54-15)39(29(9)56-33)58-32(47)19-20-46(17-2)18-3/h24-31,33,35-39,41,45,49-50,52H,16-23H2,1-15H3/t24-,25-,26+,27+,28-,29+,30+,31-,33+,35-,36+,37-,38-,39?,41+,42-,43-,44-/m1/s1. The van der Waals surface area contributed by atoms with E-state index in [1.807, 2.05) is 34.6 Å². The van der Waals surface area contributed by atoms with E-state index in [2.05, 4.69) is 10.2 Å². The topological polar surface area (TPSA) is 201 Å². The van der Waals surface area contributed by atoms with Crippen molar-refractivity contribution in [3.8, 4) is 0 Å². The fourth-order valence-electron chi connectivity index (χ4n) is 9.58. The quantitative estimate of drug-likeness (QED) is 0.185. The van der Waals surface area contributed by atoms with Gasteiger partial charge in [-0.1, -0.05) is 41.5 Å². The number of esters is 2. The molecule has 1 unspecified atom stereocenters. The van der Waals surface area contributed by atoms with Crippen molar-refractivity contribution in [1.82, 2.24) is 10.2 Å².